The van der Waals surface area contributed by atoms with Gasteiger partial charge in [-0.1, -0.05) is 40.9 Å². The van der Waals surface area contributed by atoms with Crippen LogP contribution < -0.4 is 15.5 Å². The molecule has 0 spiro atoms. The number of hydrogen-bond acceptors (Lipinski definition) is 2. The molecule has 0 saturated heterocycles. The van der Waals surface area contributed by atoms with Crippen molar-refractivity contribution in [3.05, 3.63) is 57.6 Å². The SMILES string of the molecule is Cc1ccc(NC(=O)C[NH+](C)CC(=O)Nc2ccc(Cl)c(Cl)c2)c(C)c1. The van der Waals surface area contributed by atoms with Crippen LogP contribution in [0.3, 0.4) is 0 Å². The molecule has 0 saturated carbocycles. The zero-order valence-electron chi connectivity index (χ0n) is 15.0. The quantitative estimate of drug-likeness (QED) is 0.705. The molecule has 138 valence electrons. The molecule has 7 heteroatoms. The number of halogens is 2. The number of amides is 2. The highest BCUT2D eigenvalue weighted by atomic mass is 35.5. The van der Waals surface area contributed by atoms with Gasteiger partial charge in [-0.25, -0.2) is 0 Å². The second kappa shape index (κ2) is 9.03. The second-order valence-corrected chi connectivity index (χ2v) is 7.17. The fraction of sp³-hybridized carbons (Fsp3) is 0.263. The lowest BCUT2D eigenvalue weighted by Crippen LogP contribution is -3.11. The first-order chi connectivity index (χ1) is 12.2. The molecule has 0 fully saturated rings. The lowest BCUT2D eigenvalue weighted by molar-refractivity contribution is -0.862. The summed E-state index contributed by atoms with van der Waals surface area (Å²) in [5.41, 5.74) is 3.50. The average molecular weight is 395 g/mol. The van der Waals surface area contributed by atoms with Crippen LogP contribution in [0.15, 0.2) is 36.4 Å². The van der Waals surface area contributed by atoms with Crippen LogP contribution in [0.4, 0.5) is 11.4 Å². The number of hydrogen-bond donors (Lipinski definition) is 3. The third-order valence-electron chi connectivity index (χ3n) is 3.78. The van der Waals surface area contributed by atoms with Gasteiger partial charge in [0.15, 0.2) is 13.1 Å². The van der Waals surface area contributed by atoms with Gasteiger partial charge in [-0.05, 0) is 43.7 Å². The van der Waals surface area contributed by atoms with Gasteiger partial charge in [-0.3, -0.25) is 9.59 Å². The van der Waals surface area contributed by atoms with Gasteiger partial charge in [0.1, 0.15) is 0 Å². The van der Waals surface area contributed by atoms with Crippen molar-refractivity contribution in [2.75, 3.05) is 30.8 Å². The van der Waals surface area contributed by atoms with Crippen molar-refractivity contribution in [3.8, 4) is 0 Å². The Bertz CT molecular complexity index is 824. The molecule has 2 amide bonds. The maximum Gasteiger partial charge on any atom is 0.279 e. The monoisotopic (exact) mass is 394 g/mol. The molecule has 2 aromatic rings. The number of benzene rings is 2. The van der Waals surface area contributed by atoms with Gasteiger partial charge < -0.3 is 15.5 Å². The predicted octanol–water partition coefficient (Wildman–Crippen LogP) is 2.70. The van der Waals surface area contributed by atoms with E-state index in [1.54, 1.807) is 25.2 Å². The molecule has 0 aromatic heterocycles. The highest BCUT2D eigenvalue weighted by Crippen LogP contribution is 2.24. The molecule has 26 heavy (non-hydrogen) atoms. The molecular weight excluding hydrogens is 373 g/mol. The average Bonchev–Trinajstić information content (AvgIpc) is 2.53. The van der Waals surface area contributed by atoms with E-state index in [1.165, 1.54) is 0 Å². The topological polar surface area (TPSA) is 62.6 Å². The number of carbonyl (C=O) groups is 2. The molecule has 0 heterocycles. The van der Waals surface area contributed by atoms with E-state index in [0.717, 1.165) is 21.7 Å². The Morgan fingerprint density at radius 3 is 2.19 bits per heavy atom. The summed E-state index contributed by atoms with van der Waals surface area (Å²) in [7, 11) is 1.79. The van der Waals surface area contributed by atoms with Gasteiger partial charge in [0, 0.05) is 11.4 Å². The van der Waals surface area contributed by atoms with Crippen molar-refractivity contribution in [1.82, 2.24) is 0 Å². The Morgan fingerprint density at radius 2 is 1.58 bits per heavy atom. The van der Waals surface area contributed by atoms with E-state index in [4.69, 9.17) is 23.2 Å². The third kappa shape index (κ3) is 6.02. The largest absolute Gasteiger partial charge is 0.322 e. The van der Waals surface area contributed by atoms with Crippen LogP contribution in [0.2, 0.25) is 10.0 Å². The van der Waals surface area contributed by atoms with Gasteiger partial charge >= 0.3 is 0 Å². The van der Waals surface area contributed by atoms with Crippen molar-refractivity contribution < 1.29 is 14.5 Å². The zero-order valence-corrected chi connectivity index (χ0v) is 16.5. The number of aryl methyl sites for hydroxylation is 2. The van der Waals surface area contributed by atoms with Crippen molar-refractivity contribution >= 4 is 46.4 Å². The van der Waals surface area contributed by atoms with Crippen molar-refractivity contribution in [2.24, 2.45) is 0 Å². The second-order valence-electron chi connectivity index (χ2n) is 6.35. The highest BCUT2D eigenvalue weighted by molar-refractivity contribution is 6.42. The lowest BCUT2D eigenvalue weighted by Gasteiger charge is -2.15. The van der Waals surface area contributed by atoms with E-state index in [0.29, 0.717) is 15.7 Å². The van der Waals surface area contributed by atoms with Crippen LogP contribution in [0.25, 0.3) is 0 Å². The summed E-state index contributed by atoms with van der Waals surface area (Å²) in [4.78, 5) is 25.1. The fourth-order valence-corrected chi connectivity index (χ4v) is 2.84. The maximum absolute atomic E-state index is 12.2. The standard InChI is InChI=1S/C19H21Cl2N3O2/c1-12-4-7-17(13(2)8-12)23-19(26)11-24(3)10-18(25)22-14-5-6-15(20)16(21)9-14/h4-9H,10-11H2,1-3H3,(H,22,25)(H,23,26)/p+1. The predicted molar refractivity (Wildman–Crippen MR) is 106 cm³/mol. The molecule has 0 aliphatic carbocycles. The molecule has 5 nitrogen and oxygen atoms in total. The minimum atomic E-state index is -0.208. The minimum absolute atomic E-state index is 0.142. The molecule has 3 N–H and O–H groups in total. The Morgan fingerprint density at radius 1 is 0.923 bits per heavy atom. The third-order valence-corrected chi connectivity index (χ3v) is 4.52. The van der Waals surface area contributed by atoms with E-state index in [2.05, 4.69) is 10.6 Å². The van der Waals surface area contributed by atoms with Crippen molar-refractivity contribution in [2.45, 2.75) is 13.8 Å². The molecule has 0 aliphatic heterocycles. The zero-order chi connectivity index (χ0) is 19.3. The first-order valence-electron chi connectivity index (χ1n) is 8.18. The number of rotatable bonds is 6. The summed E-state index contributed by atoms with van der Waals surface area (Å²) in [5, 5.41) is 6.43. The summed E-state index contributed by atoms with van der Waals surface area (Å²) in [5.74, 6) is -0.350. The van der Waals surface area contributed by atoms with E-state index < -0.39 is 0 Å². The summed E-state index contributed by atoms with van der Waals surface area (Å²) >= 11 is 11.8. The Balaban J connectivity index is 1.84. The van der Waals surface area contributed by atoms with Crippen LogP contribution in [0.5, 0.6) is 0 Å². The van der Waals surface area contributed by atoms with Crippen LogP contribution >= 0.6 is 23.2 Å². The highest BCUT2D eigenvalue weighted by Gasteiger charge is 2.15. The molecule has 1 atom stereocenters. The van der Waals surface area contributed by atoms with E-state index in [9.17, 15) is 9.59 Å². The molecular formula is C19H22Cl2N3O2+. The number of quaternary nitrogens is 1. The van der Waals surface area contributed by atoms with Gasteiger partial charge in [0.2, 0.25) is 0 Å². The Kier molecular flexibility index (Phi) is 7.03. The normalized spacial score (nSPS) is 11.7. The first kappa shape index (κ1) is 20.2. The molecule has 2 aromatic carbocycles. The molecule has 0 aliphatic rings. The van der Waals surface area contributed by atoms with Gasteiger partial charge in [0.25, 0.3) is 11.8 Å². The lowest BCUT2D eigenvalue weighted by atomic mass is 10.1. The number of anilines is 2. The Hall–Kier alpha value is -2.08. The van der Waals surface area contributed by atoms with Crippen LogP contribution in [0, 0.1) is 13.8 Å². The van der Waals surface area contributed by atoms with Gasteiger partial charge in [-0.15, -0.1) is 0 Å². The van der Waals surface area contributed by atoms with Gasteiger partial charge in [0.05, 0.1) is 17.1 Å². The summed E-state index contributed by atoms with van der Waals surface area (Å²) in [6.45, 7) is 4.29. The summed E-state index contributed by atoms with van der Waals surface area (Å²) in [6, 6.07) is 10.7. The summed E-state index contributed by atoms with van der Waals surface area (Å²) < 4.78 is 0. The molecule has 2 rings (SSSR count). The maximum atomic E-state index is 12.2. The molecule has 0 radical (unpaired) electrons. The molecule has 0 bridgehead atoms. The van der Waals surface area contributed by atoms with E-state index in [-0.39, 0.29) is 24.9 Å². The van der Waals surface area contributed by atoms with Crippen LogP contribution in [0.1, 0.15) is 11.1 Å². The summed E-state index contributed by atoms with van der Waals surface area (Å²) in [6.07, 6.45) is 0. The number of nitrogens with one attached hydrogen (secondary N) is 3. The fourth-order valence-electron chi connectivity index (χ4n) is 2.54. The van der Waals surface area contributed by atoms with Crippen LogP contribution in [-0.2, 0) is 9.59 Å². The number of likely N-dealkylation sites (N-methyl/N-ethyl adjacent to an activating group) is 1. The Labute approximate surface area is 163 Å². The smallest absolute Gasteiger partial charge is 0.279 e. The number of carbonyl (C=O) groups excluding carboxylic acids is 2. The van der Waals surface area contributed by atoms with Crippen molar-refractivity contribution in [1.29, 1.82) is 0 Å². The van der Waals surface area contributed by atoms with E-state index >= 15 is 0 Å². The van der Waals surface area contributed by atoms with Gasteiger partial charge in [-0.2, -0.15) is 0 Å². The minimum Gasteiger partial charge on any atom is -0.322 e. The van der Waals surface area contributed by atoms with Crippen LogP contribution in [-0.4, -0.2) is 32.0 Å². The van der Waals surface area contributed by atoms with E-state index in [1.807, 2.05) is 32.0 Å². The molecule has 1 unspecified atom stereocenters. The van der Waals surface area contributed by atoms with Crippen molar-refractivity contribution in [3.63, 3.8) is 0 Å². The first-order valence-corrected chi connectivity index (χ1v) is 8.93.